The quantitative estimate of drug-likeness (QED) is 0.502. The number of benzene rings is 1. The molecule has 1 fully saturated rings. The molecule has 1 aliphatic heterocycles. The first kappa shape index (κ1) is 20.0. The topological polar surface area (TPSA) is 83.8 Å². The fourth-order valence-electron chi connectivity index (χ4n) is 3.69. The maximum Gasteiger partial charge on any atom is 0.257 e. The average molecular weight is 428 g/mol. The fraction of sp³-hybridized carbons (Fsp3) is 0.208. The summed E-state index contributed by atoms with van der Waals surface area (Å²) in [6.45, 7) is 4.91. The Labute approximate surface area is 185 Å². The number of anilines is 4. The zero-order chi connectivity index (χ0) is 21.9. The first-order valence-corrected chi connectivity index (χ1v) is 10.6. The smallest absolute Gasteiger partial charge is 0.257 e. The summed E-state index contributed by atoms with van der Waals surface area (Å²) in [5.41, 5.74) is 4.10. The first-order chi connectivity index (χ1) is 15.6. The summed E-state index contributed by atoms with van der Waals surface area (Å²) in [4.78, 5) is 24.0. The number of pyridine rings is 1. The van der Waals surface area contributed by atoms with E-state index in [9.17, 15) is 4.79 Å². The molecule has 0 spiro atoms. The van der Waals surface area contributed by atoms with Gasteiger partial charge in [0, 0.05) is 54.1 Å². The number of rotatable bonds is 5. The number of carbonyl (C=O) groups is 1. The normalized spacial score (nSPS) is 13.8. The number of ether oxygens (including phenoxy) is 1. The summed E-state index contributed by atoms with van der Waals surface area (Å²) in [7, 11) is 0. The van der Waals surface area contributed by atoms with E-state index in [-0.39, 0.29) is 5.91 Å². The highest BCUT2D eigenvalue weighted by Gasteiger charge is 2.15. The number of nitrogens with zero attached hydrogens (tertiary/aromatic N) is 4. The van der Waals surface area contributed by atoms with Crippen LogP contribution in [0.3, 0.4) is 0 Å². The van der Waals surface area contributed by atoms with Crippen LogP contribution in [0.5, 0.6) is 0 Å². The number of hydrogen-bond donors (Lipinski definition) is 2. The van der Waals surface area contributed by atoms with Crippen molar-refractivity contribution in [3.8, 4) is 0 Å². The van der Waals surface area contributed by atoms with Crippen LogP contribution in [0.2, 0.25) is 0 Å². The van der Waals surface area contributed by atoms with Crippen molar-refractivity contribution in [3.63, 3.8) is 0 Å². The lowest BCUT2D eigenvalue weighted by molar-refractivity contribution is 0.102. The molecule has 8 heteroatoms. The summed E-state index contributed by atoms with van der Waals surface area (Å²) in [5.74, 6) is 1.30. The lowest BCUT2D eigenvalue weighted by Crippen LogP contribution is -2.37. The van der Waals surface area contributed by atoms with Crippen molar-refractivity contribution in [2.75, 3.05) is 41.8 Å². The molecule has 8 nitrogen and oxygen atoms in total. The molecule has 0 atom stereocenters. The zero-order valence-electron chi connectivity index (χ0n) is 17.8. The van der Waals surface area contributed by atoms with Crippen LogP contribution < -0.4 is 15.5 Å². The number of fused-ring (bicyclic) bond motifs is 1. The number of amides is 1. The van der Waals surface area contributed by atoms with Crippen molar-refractivity contribution in [1.29, 1.82) is 0 Å². The van der Waals surface area contributed by atoms with Gasteiger partial charge in [0.2, 0.25) is 5.95 Å². The molecular formula is C24H24N6O2. The van der Waals surface area contributed by atoms with Gasteiger partial charge in [-0.15, -0.1) is 0 Å². The van der Waals surface area contributed by atoms with Crippen LogP contribution in [0.1, 0.15) is 16.1 Å². The van der Waals surface area contributed by atoms with Gasteiger partial charge in [-0.3, -0.25) is 4.79 Å². The molecule has 0 radical (unpaired) electrons. The van der Waals surface area contributed by atoms with E-state index in [1.54, 1.807) is 0 Å². The van der Waals surface area contributed by atoms with E-state index < -0.39 is 0 Å². The van der Waals surface area contributed by atoms with Gasteiger partial charge >= 0.3 is 0 Å². The molecule has 0 saturated carbocycles. The lowest BCUT2D eigenvalue weighted by Gasteiger charge is -2.27. The van der Waals surface area contributed by atoms with Crippen LogP contribution in [-0.2, 0) is 4.74 Å². The highest BCUT2D eigenvalue weighted by atomic mass is 16.5. The van der Waals surface area contributed by atoms with Gasteiger partial charge < -0.3 is 24.7 Å². The van der Waals surface area contributed by atoms with Crippen LogP contribution in [-0.4, -0.2) is 46.6 Å². The fourth-order valence-corrected chi connectivity index (χ4v) is 3.69. The molecule has 1 aromatic carbocycles. The molecule has 0 bridgehead atoms. The molecular weight excluding hydrogens is 404 g/mol. The van der Waals surface area contributed by atoms with E-state index in [2.05, 4.69) is 25.5 Å². The Bertz CT molecular complexity index is 1210. The third-order valence-electron chi connectivity index (χ3n) is 5.32. The van der Waals surface area contributed by atoms with Crippen LogP contribution in [0, 0.1) is 6.92 Å². The second-order valence-corrected chi connectivity index (χ2v) is 7.71. The van der Waals surface area contributed by atoms with Crippen molar-refractivity contribution in [3.05, 3.63) is 78.2 Å². The highest BCUT2D eigenvalue weighted by Crippen LogP contribution is 2.21. The van der Waals surface area contributed by atoms with Crippen LogP contribution in [0.25, 0.3) is 5.52 Å². The molecule has 4 heterocycles. The van der Waals surface area contributed by atoms with Gasteiger partial charge in [0.25, 0.3) is 5.91 Å². The number of nitrogens with one attached hydrogen (secondary N) is 2. The van der Waals surface area contributed by atoms with Gasteiger partial charge in [-0.25, -0.2) is 4.98 Å². The largest absolute Gasteiger partial charge is 0.378 e. The summed E-state index contributed by atoms with van der Waals surface area (Å²) in [6, 6.07) is 17.2. The Hall–Kier alpha value is -3.91. The Balaban J connectivity index is 1.26. The van der Waals surface area contributed by atoms with Gasteiger partial charge in [0.1, 0.15) is 5.82 Å². The van der Waals surface area contributed by atoms with E-state index in [0.29, 0.717) is 24.7 Å². The average Bonchev–Trinajstić information content (AvgIpc) is 3.25. The maximum atomic E-state index is 12.6. The standard InChI is InChI=1S/C24H24N6O2/c1-17-14-22(28-24(25-17)29-10-12-32-13-11-29)26-19-5-7-20(8-6-19)27-23(31)18-15-21-4-2-3-9-30(21)16-18/h2-9,14-16H,10-13H2,1H3,(H,27,31)(H,25,26,28). The first-order valence-electron chi connectivity index (χ1n) is 10.6. The van der Waals surface area contributed by atoms with Gasteiger partial charge in [-0.05, 0) is 49.4 Å². The van der Waals surface area contributed by atoms with Crippen LogP contribution in [0.4, 0.5) is 23.1 Å². The summed E-state index contributed by atoms with van der Waals surface area (Å²) < 4.78 is 7.34. The van der Waals surface area contributed by atoms with Crippen LogP contribution in [0.15, 0.2) is 67.0 Å². The molecule has 5 rings (SSSR count). The Morgan fingerprint density at radius 2 is 1.78 bits per heavy atom. The van der Waals surface area contributed by atoms with Crippen molar-refractivity contribution < 1.29 is 9.53 Å². The molecule has 3 aromatic heterocycles. The molecule has 32 heavy (non-hydrogen) atoms. The van der Waals surface area contributed by atoms with Gasteiger partial charge in [0.05, 0.1) is 18.8 Å². The number of carbonyl (C=O) groups excluding carboxylic acids is 1. The van der Waals surface area contributed by atoms with Crippen molar-refractivity contribution >= 4 is 34.6 Å². The van der Waals surface area contributed by atoms with Gasteiger partial charge in [-0.1, -0.05) is 6.07 Å². The minimum atomic E-state index is -0.143. The molecule has 2 N–H and O–H groups in total. The predicted octanol–water partition coefficient (Wildman–Crippen LogP) is 3.87. The third-order valence-corrected chi connectivity index (χ3v) is 5.32. The molecule has 0 unspecified atom stereocenters. The maximum absolute atomic E-state index is 12.6. The van der Waals surface area contributed by atoms with Crippen molar-refractivity contribution in [2.45, 2.75) is 6.92 Å². The monoisotopic (exact) mass is 428 g/mol. The number of aryl methyl sites for hydroxylation is 1. The SMILES string of the molecule is Cc1cc(Nc2ccc(NC(=O)c3cc4ccccn4c3)cc2)nc(N2CCOCC2)n1. The minimum Gasteiger partial charge on any atom is -0.378 e. The van der Waals surface area contributed by atoms with Crippen molar-refractivity contribution in [1.82, 2.24) is 14.4 Å². The van der Waals surface area contributed by atoms with Gasteiger partial charge in [0.15, 0.2) is 0 Å². The second-order valence-electron chi connectivity index (χ2n) is 7.71. The van der Waals surface area contributed by atoms with Crippen molar-refractivity contribution in [2.24, 2.45) is 0 Å². The number of hydrogen-bond acceptors (Lipinski definition) is 6. The molecule has 0 aliphatic carbocycles. The Morgan fingerprint density at radius 1 is 1.00 bits per heavy atom. The second kappa shape index (κ2) is 8.68. The van der Waals surface area contributed by atoms with E-state index in [1.165, 1.54) is 0 Å². The lowest BCUT2D eigenvalue weighted by atomic mass is 10.2. The summed E-state index contributed by atoms with van der Waals surface area (Å²) >= 11 is 0. The molecule has 162 valence electrons. The Morgan fingerprint density at radius 3 is 2.56 bits per heavy atom. The third kappa shape index (κ3) is 4.40. The zero-order valence-corrected chi connectivity index (χ0v) is 17.8. The van der Waals surface area contributed by atoms with Crippen LogP contribution >= 0.6 is 0 Å². The summed E-state index contributed by atoms with van der Waals surface area (Å²) in [5, 5.41) is 6.28. The number of morpholine rings is 1. The van der Waals surface area contributed by atoms with Gasteiger partial charge in [-0.2, -0.15) is 4.98 Å². The molecule has 4 aromatic rings. The molecule has 1 aliphatic rings. The molecule has 1 amide bonds. The Kier molecular flexibility index (Phi) is 5.43. The van der Waals surface area contributed by atoms with E-state index in [0.717, 1.165) is 41.5 Å². The van der Waals surface area contributed by atoms with E-state index >= 15 is 0 Å². The molecule has 1 saturated heterocycles. The van der Waals surface area contributed by atoms with E-state index in [1.807, 2.05) is 78.3 Å². The number of aromatic nitrogens is 3. The summed E-state index contributed by atoms with van der Waals surface area (Å²) in [6.07, 6.45) is 3.75. The minimum absolute atomic E-state index is 0.143. The highest BCUT2D eigenvalue weighted by molar-refractivity contribution is 6.05. The predicted molar refractivity (Wildman–Crippen MR) is 125 cm³/mol. The van der Waals surface area contributed by atoms with E-state index in [4.69, 9.17) is 4.74 Å².